The molecule has 0 bridgehead atoms. The van der Waals surface area contributed by atoms with Crippen molar-refractivity contribution >= 4 is 28.2 Å². The molecule has 7 rings (SSSR count). The summed E-state index contributed by atoms with van der Waals surface area (Å²) in [5.74, 6) is 2.66. The van der Waals surface area contributed by atoms with Crippen LogP contribution in [0.2, 0.25) is 0 Å². The van der Waals surface area contributed by atoms with E-state index in [1.807, 2.05) is 0 Å². The van der Waals surface area contributed by atoms with Gasteiger partial charge in [-0.3, -0.25) is 4.79 Å². The van der Waals surface area contributed by atoms with E-state index >= 15 is 0 Å². The molecule has 2 aliphatic heterocycles. The first kappa shape index (κ1) is 29.5. The Labute approximate surface area is 266 Å². The molecule has 45 heavy (non-hydrogen) atoms. The average molecular weight is 606 g/mol. The van der Waals surface area contributed by atoms with E-state index in [0.717, 1.165) is 48.4 Å². The monoisotopic (exact) mass is 605 g/mol. The number of aromatic nitrogens is 2. The van der Waals surface area contributed by atoms with Gasteiger partial charge in [0, 0.05) is 55.4 Å². The predicted octanol–water partition coefficient (Wildman–Crippen LogP) is 4.73. The van der Waals surface area contributed by atoms with Crippen molar-refractivity contribution in [2.75, 3.05) is 62.7 Å². The van der Waals surface area contributed by atoms with Gasteiger partial charge in [0.2, 0.25) is 12.5 Å². The number of likely N-dealkylation sites (N-methyl/N-ethyl adjacent to an activating group) is 1. The molecule has 3 fully saturated rings. The number of aryl methyl sites for hydroxylation is 1. The van der Waals surface area contributed by atoms with E-state index < -0.39 is 0 Å². The molecular formula is C36H43N7O2. The van der Waals surface area contributed by atoms with Crippen molar-refractivity contribution in [3.05, 3.63) is 77.3 Å². The lowest BCUT2D eigenvalue weighted by Gasteiger charge is -2.41. The fourth-order valence-corrected chi connectivity index (χ4v) is 7.91. The Morgan fingerprint density at radius 3 is 2.69 bits per heavy atom. The van der Waals surface area contributed by atoms with Crippen molar-refractivity contribution in [3.63, 3.8) is 0 Å². The van der Waals surface area contributed by atoms with Crippen LogP contribution in [0, 0.1) is 25.3 Å². The number of piperazine rings is 1. The van der Waals surface area contributed by atoms with Gasteiger partial charge in [-0.1, -0.05) is 36.9 Å². The first-order valence-electron chi connectivity index (χ1n) is 16.4. The molecule has 1 saturated heterocycles. The standard InChI is InChI=1S/C36H43N7O2/c1-5-33(44)43-15-14-42(22-29(43)21-37-3)35-30-12-13-41(32-11-7-10-25-9-6-8-24(2)34(25)32)23-31(30)38-36(39-35)45-17-16-40(4)28-19-26-18-27(26)20-28/h5-11,26-29H,1,12-23H2,2,4H3/t26?,27?,28?,29-/m0/s1. The third-order valence-electron chi connectivity index (χ3n) is 10.5. The second-order valence-corrected chi connectivity index (χ2v) is 13.3. The predicted molar refractivity (Wildman–Crippen MR) is 178 cm³/mol. The molecule has 9 nitrogen and oxygen atoms in total. The first-order valence-corrected chi connectivity index (χ1v) is 16.4. The summed E-state index contributed by atoms with van der Waals surface area (Å²) in [7, 11) is 2.21. The average Bonchev–Trinajstić information content (AvgIpc) is 3.67. The van der Waals surface area contributed by atoms with Gasteiger partial charge in [-0.2, -0.15) is 9.97 Å². The molecule has 1 amide bonds. The number of benzene rings is 2. The molecule has 2 aromatic carbocycles. The summed E-state index contributed by atoms with van der Waals surface area (Å²) in [5, 5.41) is 2.53. The van der Waals surface area contributed by atoms with Crippen LogP contribution in [0.4, 0.5) is 11.5 Å². The first-order chi connectivity index (χ1) is 21.9. The second-order valence-electron chi connectivity index (χ2n) is 13.3. The molecule has 234 valence electrons. The normalized spacial score (nSPS) is 23.9. The minimum absolute atomic E-state index is 0.123. The molecule has 9 heteroatoms. The van der Waals surface area contributed by atoms with Crippen LogP contribution < -0.4 is 14.5 Å². The Hall–Kier alpha value is -4.16. The maximum Gasteiger partial charge on any atom is 0.318 e. The quantitative estimate of drug-likeness (QED) is 0.258. The lowest BCUT2D eigenvalue weighted by Crippen LogP contribution is -2.56. The molecule has 2 aliphatic carbocycles. The van der Waals surface area contributed by atoms with Crippen LogP contribution in [0.25, 0.3) is 15.6 Å². The zero-order chi connectivity index (χ0) is 31.1. The van der Waals surface area contributed by atoms with Gasteiger partial charge < -0.3 is 29.2 Å². The van der Waals surface area contributed by atoms with Crippen molar-refractivity contribution in [1.29, 1.82) is 0 Å². The molecule has 3 atom stereocenters. The number of anilines is 2. The Morgan fingerprint density at radius 2 is 1.91 bits per heavy atom. The van der Waals surface area contributed by atoms with Crippen molar-refractivity contribution in [2.45, 2.75) is 51.2 Å². The van der Waals surface area contributed by atoms with Gasteiger partial charge in [-0.25, -0.2) is 6.57 Å². The van der Waals surface area contributed by atoms with E-state index in [0.29, 0.717) is 44.8 Å². The zero-order valence-corrected chi connectivity index (χ0v) is 26.5. The second kappa shape index (κ2) is 12.3. The van der Waals surface area contributed by atoms with Crippen molar-refractivity contribution in [1.82, 2.24) is 19.8 Å². The highest BCUT2D eigenvalue weighted by atomic mass is 16.5. The van der Waals surface area contributed by atoms with E-state index in [2.05, 4.69) is 76.5 Å². The number of hydrogen-bond donors (Lipinski definition) is 0. The van der Waals surface area contributed by atoms with E-state index in [4.69, 9.17) is 21.3 Å². The van der Waals surface area contributed by atoms with E-state index in [1.165, 1.54) is 47.4 Å². The summed E-state index contributed by atoms with van der Waals surface area (Å²) in [4.78, 5) is 35.2. The summed E-state index contributed by atoms with van der Waals surface area (Å²) in [5.41, 5.74) is 4.62. The van der Waals surface area contributed by atoms with Gasteiger partial charge in [0.15, 0.2) is 0 Å². The van der Waals surface area contributed by atoms with E-state index in [1.54, 1.807) is 4.90 Å². The van der Waals surface area contributed by atoms with Crippen LogP contribution >= 0.6 is 0 Å². The largest absolute Gasteiger partial charge is 0.462 e. The van der Waals surface area contributed by atoms with Gasteiger partial charge in [-0.15, -0.1) is 0 Å². The number of ether oxygens (including phenoxy) is 1. The molecule has 2 saturated carbocycles. The highest BCUT2D eigenvalue weighted by molar-refractivity contribution is 5.97. The smallest absolute Gasteiger partial charge is 0.318 e. The van der Waals surface area contributed by atoms with Crippen molar-refractivity contribution in [3.8, 4) is 6.01 Å². The number of carbonyl (C=O) groups excluding carboxylic acids is 1. The number of rotatable bonds is 9. The fourth-order valence-electron chi connectivity index (χ4n) is 7.91. The zero-order valence-electron chi connectivity index (χ0n) is 26.5. The van der Waals surface area contributed by atoms with Gasteiger partial charge in [-0.05, 0) is 74.6 Å². The highest BCUT2D eigenvalue weighted by Crippen LogP contribution is 2.52. The summed E-state index contributed by atoms with van der Waals surface area (Å²) in [6, 6.07) is 13.9. The lowest BCUT2D eigenvalue weighted by molar-refractivity contribution is -0.128. The SMILES string of the molecule is [C-]#[N+]C[C@H]1CN(c2nc(OCCN(C)C3CC4CC4C3)nc3c2CCN(c2cccc4cccc(C)c24)C3)CCN1C(=O)C=C. The van der Waals surface area contributed by atoms with Gasteiger partial charge in [0.25, 0.3) is 0 Å². The summed E-state index contributed by atoms with van der Waals surface area (Å²) < 4.78 is 6.32. The highest BCUT2D eigenvalue weighted by Gasteiger charge is 2.46. The van der Waals surface area contributed by atoms with Crippen LogP contribution in [0.15, 0.2) is 49.1 Å². The van der Waals surface area contributed by atoms with E-state index in [-0.39, 0.29) is 18.5 Å². The molecule has 0 spiro atoms. The minimum Gasteiger partial charge on any atom is -0.462 e. The summed E-state index contributed by atoms with van der Waals surface area (Å²) in [6.45, 7) is 18.2. The molecule has 3 aromatic rings. The Morgan fingerprint density at radius 1 is 1.11 bits per heavy atom. The topological polar surface area (TPSA) is 69.4 Å². The Kier molecular flexibility index (Phi) is 8.09. The Balaban J connectivity index is 1.16. The molecule has 1 aromatic heterocycles. The molecular weight excluding hydrogens is 562 g/mol. The molecule has 3 heterocycles. The minimum atomic E-state index is -0.221. The molecule has 2 unspecified atom stereocenters. The fraction of sp³-hybridized carbons (Fsp3) is 0.500. The van der Waals surface area contributed by atoms with Crippen LogP contribution in [-0.4, -0.2) is 90.7 Å². The molecule has 0 radical (unpaired) electrons. The summed E-state index contributed by atoms with van der Waals surface area (Å²) in [6.07, 6.45) is 6.21. The maximum atomic E-state index is 12.6. The van der Waals surface area contributed by atoms with Crippen LogP contribution in [-0.2, 0) is 17.8 Å². The maximum absolute atomic E-state index is 12.6. The van der Waals surface area contributed by atoms with Crippen molar-refractivity contribution in [2.24, 2.45) is 11.8 Å². The van der Waals surface area contributed by atoms with Gasteiger partial charge >= 0.3 is 6.01 Å². The number of amides is 1. The number of fused-ring (bicyclic) bond motifs is 3. The van der Waals surface area contributed by atoms with E-state index in [9.17, 15) is 4.79 Å². The van der Waals surface area contributed by atoms with Crippen LogP contribution in [0.3, 0.4) is 0 Å². The Bertz CT molecular complexity index is 1640. The van der Waals surface area contributed by atoms with Crippen LogP contribution in [0.5, 0.6) is 6.01 Å². The molecule has 0 N–H and O–H groups in total. The van der Waals surface area contributed by atoms with Crippen molar-refractivity contribution < 1.29 is 9.53 Å². The van der Waals surface area contributed by atoms with Crippen LogP contribution in [0.1, 0.15) is 36.1 Å². The number of nitrogens with zero attached hydrogens (tertiary/aromatic N) is 7. The third-order valence-corrected chi connectivity index (χ3v) is 10.5. The summed E-state index contributed by atoms with van der Waals surface area (Å²) >= 11 is 0. The third kappa shape index (κ3) is 5.84. The number of hydrogen-bond acceptors (Lipinski definition) is 7. The number of carbonyl (C=O) groups is 1. The van der Waals surface area contributed by atoms with Gasteiger partial charge in [0.05, 0.1) is 12.2 Å². The molecule has 4 aliphatic rings. The van der Waals surface area contributed by atoms with Gasteiger partial charge in [0.1, 0.15) is 18.5 Å². The lowest BCUT2D eigenvalue weighted by atomic mass is 9.99.